The third kappa shape index (κ3) is 5.69. The molecule has 0 bridgehead atoms. The SMILES string of the molecule is CCOC(=O)C1CC[NH+](CC(=O)NNC(C)=O)CC1. The molecule has 7 nitrogen and oxygen atoms in total. The second kappa shape index (κ2) is 7.73. The molecule has 108 valence electrons. The molecule has 1 heterocycles. The lowest BCUT2D eigenvalue weighted by Gasteiger charge is -2.27. The molecule has 0 aromatic heterocycles. The van der Waals surface area contributed by atoms with Crippen molar-refractivity contribution in [3.63, 3.8) is 0 Å². The second-order valence-electron chi connectivity index (χ2n) is 4.68. The number of hydrogen-bond donors (Lipinski definition) is 3. The normalized spacial score (nSPS) is 22.4. The first-order valence-corrected chi connectivity index (χ1v) is 6.58. The average Bonchev–Trinajstić information content (AvgIpc) is 2.37. The van der Waals surface area contributed by atoms with Crippen molar-refractivity contribution in [2.24, 2.45) is 5.92 Å². The smallest absolute Gasteiger partial charge is 0.309 e. The topological polar surface area (TPSA) is 88.9 Å². The van der Waals surface area contributed by atoms with E-state index >= 15 is 0 Å². The van der Waals surface area contributed by atoms with Crippen molar-refractivity contribution >= 4 is 17.8 Å². The second-order valence-corrected chi connectivity index (χ2v) is 4.68. The van der Waals surface area contributed by atoms with Crippen molar-refractivity contribution < 1.29 is 24.0 Å². The number of carbonyl (C=O) groups is 3. The lowest BCUT2D eigenvalue weighted by atomic mass is 9.97. The third-order valence-corrected chi connectivity index (χ3v) is 3.10. The van der Waals surface area contributed by atoms with Crippen molar-refractivity contribution in [1.82, 2.24) is 10.9 Å². The fourth-order valence-corrected chi connectivity index (χ4v) is 2.13. The predicted octanol–water partition coefficient (Wildman–Crippen LogP) is -1.99. The number of nitrogens with one attached hydrogen (secondary N) is 3. The first-order chi connectivity index (χ1) is 9.02. The highest BCUT2D eigenvalue weighted by molar-refractivity contribution is 5.81. The van der Waals surface area contributed by atoms with Crippen molar-refractivity contribution in [2.75, 3.05) is 26.2 Å². The highest BCUT2D eigenvalue weighted by Crippen LogP contribution is 2.11. The molecular formula is C12H22N3O4+. The van der Waals surface area contributed by atoms with Gasteiger partial charge in [0.25, 0.3) is 5.91 Å². The van der Waals surface area contributed by atoms with E-state index in [1.807, 2.05) is 0 Å². The van der Waals surface area contributed by atoms with Crippen LogP contribution < -0.4 is 15.8 Å². The van der Waals surface area contributed by atoms with Crippen LogP contribution in [0.3, 0.4) is 0 Å². The number of carbonyl (C=O) groups excluding carboxylic acids is 3. The summed E-state index contributed by atoms with van der Waals surface area (Å²) in [6.45, 7) is 5.36. The highest BCUT2D eigenvalue weighted by atomic mass is 16.5. The van der Waals surface area contributed by atoms with Gasteiger partial charge in [-0.3, -0.25) is 25.2 Å². The molecule has 0 saturated carbocycles. The number of hydrazine groups is 1. The minimum absolute atomic E-state index is 0.0397. The molecule has 0 unspecified atom stereocenters. The fourth-order valence-electron chi connectivity index (χ4n) is 2.13. The molecule has 0 atom stereocenters. The highest BCUT2D eigenvalue weighted by Gasteiger charge is 2.29. The zero-order chi connectivity index (χ0) is 14.3. The molecule has 1 fully saturated rings. The Morgan fingerprint density at radius 1 is 1.21 bits per heavy atom. The van der Waals surface area contributed by atoms with Gasteiger partial charge in [-0.1, -0.05) is 0 Å². The molecule has 1 aliphatic rings. The van der Waals surface area contributed by atoms with E-state index < -0.39 is 0 Å². The minimum Gasteiger partial charge on any atom is -0.466 e. The van der Waals surface area contributed by atoms with Crippen LogP contribution in [0.1, 0.15) is 26.7 Å². The Balaban J connectivity index is 2.24. The van der Waals surface area contributed by atoms with E-state index in [1.165, 1.54) is 6.92 Å². The lowest BCUT2D eigenvalue weighted by Crippen LogP contribution is -3.14. The molecular weight excluding hydrogens is 250 g/mol. The van der Waals surface area contributed by atoms with Gasteiger partial charge in [0.15, 0.2) is 6.54 Å². The number of rotatable bonds is 4. The Bertz CT molecular complexity index is 338. The van der Waals surface area contributed by atoms with Crippen molar-refractivity contribution in [3.05, 3.63) is 0 Å². The van der Waals surface area contributed by atoms with Gasteiger partial charge in [-0.2, -0.15) is 0 Å². The van der Waals surface area contributed by atoms with E-state index in [9.17, 15) is 14.4 Å². The van der Waals surface area contributed by atoms with Gasteiger partial charge >= 0.3 is 5.97 Å². The summed E-state index contributed by atoms with van der Waals surface area (Å²) < 4.78 is 4.99. The number of esters is 1. The molecule has 0 aromatic carbocycles. The molecule has 7 heteroatoms. The van der Waals surface area contributed by atoms with Crippen LogP contribution in [0.2, 0.25) is 0 Å². The van der Waals surface area contributed by atoms with Crippen LogP contribution in [-0.4, -0.2) is 44.0 Å². The Morgan fingerprint density at radius 2 is 1.84 bits per heavy atom. The quantitative estimate of drug-likeness (QED) is 0.408. The van der Waals surface area contributed by atoms with Crippen molar-refractivity contribution in [3.8, 4) is 0 Å². The van der Waals surface area contributed by atoms with Gasteiger partial charge in [0.05, 0.1) is 25.6 Å². The average molecular weight is 272 g/mol. The molecule has 0 aliphatic carbocycles. The molecule has 1 saturated heterocycles. The number of likely N-dealkylation sites (tertiary alicyclic amines) is 1. The summed E-state index contributed by atoms with van der Waals surface area (Å²) in [6, 6.07) is 0. The standard InChI is InChI=1S/C12H21N3O4/c1-3-19-12(18)10-4-6-15(7-5-10)8-11(17)14-13-9(2)16/h10H,3-8H2,1-2H3,(H,13,16)(H,14,17)/p+1. The summed E-state index contributed by atoms with van der Waals surface area (Å²) in [6.07, 6.45) is 1.48. The maximum Gasteiger partial charge on any atom is 0.309 e. The number of ether oxygens (including phenoxy) is 1. The van der Waals surface area contributed by atoms with E-state index in [-0.39, 0.29) is 23.7 Å². The van der Waals surface area contributed by atoms with Gasteiger partial charge < -0.3 is 9.64 Å². The number of piperidine rings is 1. The summed E-state index contributed by atoms with van der Waals surface area (Å²) in [7, 11) is 0. The Hall–Kier alpha value is -1.63. The largest absolute Gasteiger partial charge is 0.466 e. The number of hydrogen-bond acceptors (Lipinski definition) is 4. The zero-order valence-electron chi connectivity index (χ0n) is 11.5. The van der Waals surface area contributed by atoms with Crippen LogP contribution in [0.15, 0.2) is 0 Å². The van der Waals surface area contributed by atoms with Gasteiger partial charge in [-0.25, -0.2) is 0 Å². The van der Waals surface area contributed by atoms with E-state index in [2.05, 4.69) is 10.9 Å². The zero-order valence-corrected chi connectivity index (χ0v) is 11.5. The van der Waals surface area contributed by atoms with Crippen LogP contribution in [0.4, 0.5) is 0 Å². The summed E-state index contributed by atoms with van der Waals surface area (Å²) in [4.78, 5) is 34.8. The third-order valence-electron chi connectivity index (χ3n) is 3.10. The molecule has 0 radical (unpaired) electrons. The fraction of sp³-hybridized carbons (Fsp3) is 0.750. The van der Waals surface area contributed by atoms with Gasteiger partial charge in [-0.05, 0) is 6.92 Å². The summed E-state index contributed by atoms with van der Waals surface area (Å²) >= 11 is 0. The molecule has 3 N–H and O–H groups in total. The molecule has 0 aromatic rings. The monoisotopic (exact) mass is 272 g/mol. The van der Waals surface area contributed by atoms with Gasteiger partial charge in [-0.15, -0.1) is 0 Å². The van der Waals surface area contributed by atoms with Crippen molar-refractivity contribution in [2.45, 2.75) is 26.7 Å². The van der Waals surface area contributed by atoms with Crippen LogP contribution in [0.25, 0.3) is 0 Å². The first-order valence-electron chi connectivity index (χ1n) is 6.58. The maximum atomic E-state index is 11.5. The minimum atomic E-state index is -0.302. The lowest BCUT2D eigenvalue weighted by molar-refractivity contribution is -0.897. The molecule has 2 amide bonds. The van der Waals surface area contributed by atoms with Crippen LogP contribution >= 0.6 is 0 Å². The number of quaternary nitrogens is 1. The van der Waals surface area contributed by atoms with E-state index in [4.69, 9.17) is 4.74 Å². The van der Waals surface area contributed by atoms with Gasteiger partial charge in [0.1, 0.15) is 0 Å². The molecule has 1 rings (SSSR count). The Morgan fingerprint density at radius 3 is 2.37 bits per heavy atom. The van der Waals surface area contributed by atoms with Gasteiger partial charge in [0, 0.05) is 19.8 Å². The van der Waals surface area contributed by atoms with E-state index in [1.54, 1.807) is 6.92 Å². The predicted molar refractivity (Wildman–Crippen MR) is 66.9 cm³/mol. The Labute approximate surface area is 112 Å². The van der Waals surface area contributed by atoms with E-state index in [0.717, 1.165) is 30.8 Å². The van der Waals surface area contributed by atoms with Crippen molar-refractivity contribution in [1.29, 1.82) is 0 Å². The summed E-state index contributed by atoms with van der Waals surface area (Å²) in [5, 5.41) is 0. The molecule has 1 aliphatic heterocycles. The van der Waals surface area contributed by atoms with Gasteiger partial charge in [0.2, 0.25) is 5.91 Å². The van der Waals surface area contributed by atoms with Crippen LogP contribution in [0, 0.1) is 5.92 Å². The summed E-state index contributed by atoms with van der Waals surface area (Å²) in [5.41, 5.74) is 4.59. The Kier molecular flexibility index (Phi) is 6.27. The van der Waals surface area contributed by atoms with Crippen LogP contribution in [0.5, 0.6) is 0 Å². The number of amides is 2. The molecule has 0 spiro atoms. The maximum absolute atomic E-state index is 11.5. The molecule has 19 heavy (non-hydrogen) atoms. The van der Waals surface area contributed by atoms with E-state index in [0.29, 0.717) is 13.2 Å². The summed E-state index contributed by atoms with van der Waals surface area (Å²) in [5.74, 6) is -0.699. The first kappa shape index (κ1) is 15.4. The van der Waals surface area contributed by atoms with Crippen LogP contribution in [-0.2, 0) is 19.1 Å².